The topological polar surface area (TPSA) is 50.9 Å². The first-order chi connectivity index (χ1) is 13.4. The summed E-state index contributed by atoms with van der Waals surface area (Å²) >= 11 is 0. The van der Waals surface area contributed by atoms with Gasteiger partial charge in [-0.2, -0.15) is 5.10 Å². The molecule has 1 aromatic carbocycles. The van der Waals surface area contributed by atoms with Gasteiger partial charge in [0.15, 0.2) is 5.82 Å². The number of benzene rings is 1. The van der Waals surface area contributed by atoms with E-state index < -0.39 is 0 Å². The highest BCUT2D eigenvalue weighted by Gasteiger charge is 2.23. The molecular weight excluding hydrogens is 336 g/mol. The molecule has 3 aromatic rings. The van der Waals surface area contributed by atoms with Crippen molar-refractivity contribution in [3.05, 3.63) is 60.0 Å². The van der Waals surface area contributed by atoms with Crippen LogP contribution in [0.15, 0.2) is 48.8 Å². The molecular formula is C21H26N6. The number of likely N-dealkylation sites (tertiary alicyclic amines) is 1. The van der Waals surface area contributed by atoms with Crippen LogP contribution in [0, 0.1) is 0 Å². The van der Waals surface area contributed by atoms with Crippen LogP contribution in [0.25, 0.3) is 11.5 Å². The lowest BCUT2D eigenvalue weighted by Gasteiger charge is -2.17. The Bertz CT molecular complexity index is 873. The van der Waals surface area contributed by atoms with E-state index in [4.69, 9.17) is 5.10 Å². The first kappa shape index (κ1) is 16.7. The minimum atomic E-state index is 0.667. The van der Waals surface area contributed by atoms with Crippen molar-refractivity contribution in [3.8, 4) is 11.5 Å². The monoisotopic (exact) mass is 362 g/mol. The maximum atomic E-state index is 4.77. The fourth-order valence-corrected chi connectivity index (χ4v) is 4.31. The SMILES string of the molecule is c1ccc([C@H]2CCN(CCn3ccnc3-c3cc4n(n3)CCNC4)C2)cc1. The van der Waals surface area contributed by atoms with Crippen LogP contribution in [0.4, 0.5) is 0 Å². The van der Waals surface area contributed by atoms with E-state index in [0.717, 1.165) is 50.8 Å². The first-order valence-corrected chi connectivity index (χ1v) is 9.93. The summed E-state index contributed by atoms with van der Waals surface area (Å²) in [5.41, 5.74) is 3.71. The van der Waals surface area contributed by atoms with Crippen LogP contribution in [-0.2, 0) is 19.6 Å². The fourth-order valence-electron chi connectivity index (χ4n) is 4.31. The Hall–Kier alpha value is -2.44. The van der Waals surface area contributed by atoms with Crippen molar-refractivity contribution in [2.75, 3.05) is 26.2 Å². The van der Waals surface area contributed by atoms with Gasteiger partial charge in [-0.05, 0) is 30.5 Å². The maximum absolute atomic E-state index is 4.77. The van der Waals surface area contributed by atoms with Crippen LogP contribution < -0.4 is 5.32 Å². The van der Waals surface area contributed by atoms with Crippen molar-refractivity contribution in [2.24, 2.45) is 0 Å². The van der Waals surface area contributed by atoms with E-state index >= 15 is 0 Å². The second-order valence-electron chi connectivity index (χ2n) is 7.56. The predicted molar refractivity (Wildman–Crippen MR) is 105 cm³/mol. The molecule has 6 heteroatoms. The van der Waals surface area contributed by atoms with Gasteiger partial charge >= 0.3 is 0 Å². The molecule has 27 heavy (non-hydrogen) atoms. The molecule has 5 rings (SSSR count). The van der Waals surface area contributed by atoms with Crippen molar-refractivity contribution in [2.45, 2.75) is 32.0 Å². The number of rotatable bonds is 5. The zero-order chi connectivity index (χ0) is 18.1. The second-order valence-corrected chi connectivity index (χ2v) is 7.56. The second kappa shape index (κ2) is 7.29. The zero-order valence-electron chi connectivity index (χ0n) is 15.6. The standard InChI is InChI=1S/C21H26N6/c1-2-4-17(5-3-1)18-6-9-25(16-18)12-13-26-10-8-23-21(26)20-14-19-15-22-7-11-27(19)24-20/h1-5,8,10,14,18,22H,6-7,9,11-13,15-16H2/t18-/m0/s1. The van der Waals surface area contributed by atoms with Crippen LogP contribution in [0.2, 0.25) is 0 Å². The molecule has 1 saturated heterocycles. The van der Waals surface area contributed by atoms with Crippen molar-refractivity contribution < 1.29 is 0 Å². The van der Waals surface area contributed by atoms with E-state index in [-0.39, 0.29) is 0 Å². The number of hydrogen-bond donors (Lipinski definition) is 1. The summed E-state index contributed by atoms with van der Waals surface area (Å²) in [6.45, 7) is 7.15. The summed E-state index contributed by atoms with van der Waals surface area (Å²) in [5.74, 6) is 1.65. The van der Waals surface area contributed by atoms with Gasteiger partial charge in [0.2, 0.25) is 0 Å². The largest absolute Gasteiger partial charge is 0.328 e. The molecule has 0 spiro atoms. The van der Waals surface area contributed by atoms with Gasteiger partial charge in [0.05, 0.1) is 12.2 Å². The Balaban J connectivity index is 1.24. The summed E-state index contributed by atoms with van der Waals surface area (Å²) in [7, 11) is 0. The highest BCUT2D eigenvalue weighted by Crippen LogP contribution is 2.27. The summed E-state index contributed by atoms with van der Waals surface area (Å²) in [6, 6.07) is 13.1. The van der Waals surface area contributed by atoms with Gasteiger partial charge in [-0.3, -0.25) is 4.68 Å². The van der Waals surface area contributed by atoms with E-state index in [2.05, 4.69) is 67.0 Å². The normalized spacial score (nSPS) is 20.1. The Morgan fingerprint density at radius 3 is 2.93 bits per heavy atom. The Kier molecular flexibility index (Phi) is 4.51. The molecule has 0 amide bonds. The van der Waals surface area contributed by atoms with Crippen molar-refractivity contribution in [1.29, 1.82) is 0 Å². The highest BCUT2D eigenvalue weighted by atomic mass is 15.3. The maximum Gasteiger partial charge on any atom is 0.160 e. The van der Waals surface area contributed by atoms with Crippen molar-refractivity contribution >= 4 is 0 Å². The molecule has 1 N–H and O–H groups in total. The van der Waals surface area contributed by atoms with Crippen LogP contribution in [-0.4, -0.2) is 50.4 Å². The van der Waals surface area contributed by atoms with E-state index in [1.54, 1.807) is 0 Å². The van der Waals surface area contributed by atoms with Crippen LogP contribution >= 0.6 is 0 Å². The lowest BCUT2D eigenvalue weighted by Crippen LogP contribution is -2.28. The van der Waals surface area contributed by atoms with Crippen molar-refractivity contribution in [3.63, 3.8) is 0 Å². The molecule has 2 aliphatic heterocycles. The number of nitrogens with one attached hydrogen (secondary N) is 1. The summed E-state index contributed by atoms with van der Waals surface area (Å²) in [5, 5.41) is 8.16. The molecule has 1 fully saturated rings. The molecule has 140 valence electrons. The van der Waals surface area contributed by atoms with Gasteiger partial charge in [0.25, 0.3) is 0 Å². The van der Waals surface area contributed by atoms with E-state index in [1.807, 2.05) is 6.20 Å². The number of imidazole rings is 1. The zero-order valence-corrected chi connectivity index (χ0v) is 15.6. The van der Waals surface area contributed by atoms with Gasteiger partial charge in [-0.15, -0.1) is 0 Å². The molecule has 0 saturated carbocycles. The smallest absolute Gasteiger partial charge is 0.160 e. The van der Waals surface area contributed by atoms with Gasteiger partial charge in [-0.1, -0.05) is 30.3 Å². The Labute approximate surface area is 159 Å². The molecule has 6 nitrogen and oxygen atoms in total. The van der Waals surface area contributed by atoms with E-state index in [1.165, 1.54) is 24.2 Å². The molecule has 0 radical (unpaired) electrons. The number of fused-ring (bicyclic) bond motifs is 1. The Morgan fingerprint density at radius 2 is 2.04 bits per heavy atom. The lowest BCUT2D eigenvalue weighted by atomic mass is 9.99. The molecule has 4 heterocycles. The minimum Gasteiger partial charge on any atom is -0.328 e. The first-order valence-electron chi connectivity index (χ1n) is 9.93. The summed E-state index contributed by atoms with van der Waals surface area (Å²) in [6.07, 6.45) is 5.22. The summed E-state index contributed by atoms with van der Waals surface area (Å²) < 4.78 is 4.35. The van der Waals surface area contributed by atoms with Gasteiger partial charge < -0.3 is 14.8 Å². The fraction of sp³-hybridized carbons (Fsp3) is 0.429. The number of nitrogens with zero attached hydrogens (tertiary/aromatic N) is 5. The van der Waals surface area contributed by atoms with Crippen molar-refractivity contribution in [1.82, 2.24) is 29.5 Å². The highest BCUT2D eigenvalue weighted by molar-refractivity contribution is 5.50. The van der Waals surface area contributed by atoms with E-state index in [0.29, 0.717) is 5.92 Å². The van der Waals surface area contributed by atoms with Gasteiger partial charge in [0, 0.05) is 45.1 Å². The molecule has 0 unspecified atom stereocenters. The number of hydrogen-bond acceptors (Lipinski definition) is 4. The lowest BCUT2D eigenvalue weighted by molar-refractivity contribution is 0.319. The molecule has 0 bridgehead atoms. The predicted octanol–water partition coefficient (Wildman–Crippen LogP) is 2.34. The molecule has 0 aliphatic carbocycles. The third kappa shape index (κ3) is 3.42. The van der Waals surface area contributed by atoms with Crippen LogP contribution in [0.1, 0.15) is 23.6 Å². The number of aromatic nitrogens is 4. The van der Waals surface area contributed by atoms with Gasteiger partial charge in [-0.25, -0.2) is 4.98 Å². The summed E-state index contributed by atoms with van der Waals surface area (Å²) in [4.78, 5) is 7.16. The minimum absolute atomic E-state index is 0.667. The average molecular weight is 362 g/mol. The Morgan fingerprint density at radius 1 is 1.11 bits per heavy atom. The van der Waals surface area contributed by atoms with Crippen LogP contribution in [0.3, 0.4) is 0 Å². The quantitative estimate of drug-likeness (QED) is 0.757. The molecule has 2 aromatic heterocycles. The third-order valence-corrected chi connectivity index (χ3v) is 5.81. The van der Waals surface area contributed by atoms with Gasteiger partial charge in [0.1, 0.15) is 5.69 Å². The van der Waals surface area contributed by atoms with Crippen LogP contribution in [0.5, 0.6) is 0 Å². The molecule has 2 aliphatic rings. The van der Waals surface area contributed by atoms with E-state index in [9.17, 15) is 0 Å². The average Bonchev–Trinajstić information content (AvgIpc) is 3.45. The third-order valence-electron chi connectivity index (χ3n) is 5.81. The molecule has 1 atom stereocenters.